The van der Waals surface area contributed by atoms with Crippen molar-refractivity contribution < 1.29 is 8.83 Å². The van der Waals surface area contributed by atoms with E-state index >= 15 is 0 Å². The Labute approximate surface area is 428 Å². The molecule has 0 saturated carbocycles. The van der Waals surface area contributed by atoms with Gasteiger partial charge < -0.3 is 18.6 Å². The first kappa shape index (κ1) is 43.2. The molecule has 0 atom stereocenters. The molecule has 0 N–H and O–H groups in total. The predicted molar refractivity (Wildman–Crippen MR) is 299 cm³/mol. The number of aryl methyl sites for hydroxylation is 2. The summed E-state index contributed by atoms with van der Waals surface area (Å²) in [5.41, 5.74) is 20.2. The van der Waals surface area contributed by atoms with E-state index in [1.54, 1.807) is 0 Å². The largest absolute Gasteiger partial charge is 0.454 e. The van der Waals surface area contributed by atoms with Gasteiger partial charge in [-0.3, -0.25) is 0 Å². The average Bonchev–Trinajstić information content (AvgIpc) is 4.14. The van der Waals surface area contributed by atoms with Gasteiger partial charge in [-0.1, -0.05) is 147 Å². The molecular formula is C68H46N4O2. The minimum atomic E-state index is -0.801. The minimum Gasteiger partial charge on any atom is -0.454 e. The van der Waals surface area contributed by atoms with E-state index in [2.05, 4.69) is 219 Å². The molecule has 74 heavy (non-hydrogen) atoms. The highest BCUT2D eigenvalue weighted by Crippen LogP contribution is 2.64. The summed E-state index contributed by atoms with van der Waals surface area (Å²) in [6.07, 6.45) is 0. The topological polar surface area (TPSA) is 80.3 Å². The Morgan fingerprint density at radius 3 is 1.18 bits per heavy atom. The zero-order chi connectivity index (χ0) is 50.0. The Balaban J connectivity index is 1.07. The third kappa shape index (κ3) is 5.97. The van der Waals surface area contributed by atoms with Crippen molar-refractivity contribution in [2.45, 2.75) is 38.5 Å². The molecule has 0 unspecified atom stereocenters. The number of benzene rings is 10. The van der Waals surface area contributed by atoms with Crippen LogP contribution in [0.25, 0.3) is 55.0 Å². The summed E-state index contributed by atoms with van der Waals surface area (Å²) >= 11 is 0. The summed E-state index contributed by atoms with van der Waals surface area (Å²) < 4.78 is 13.8. The normalized spacial score (nSPS) is 13.6. The van der Waals surface area contributed by atoms with E-state index in [9.17, 15) is 10.5 Å². The van der Waals surface area contributed by atoms with E-state index in [4.69, 9.17) is 8.83 Å². The lowest BCUT2D eigenvalue weighted by atomic mass is 9.55. The molecule has 2 aliphatic carbocycles. The van der Waals surface area contributed by atoms with Gasteiger partial charge in [0.2, 0.25) is 0 Å². The van der Waals surface area contributed by atoms with Gasteiger partial charge in [0.25, 0.3) is 0 Å². The number of hydrogen-bond donors (Lipinski definition) is 0. The van der Waals surface area contributed by atoms with Gasteiger partial charge in [0.15, 0.2) is 11.2 Å². The molecule has 1 spiro atoms. The molecule has 0 amide bonds. The predicted octanol–water partition coefficient (Wildman–Crippen LogP) is 17.8. The van der Waals surface area contributed by atoms with Crippen LogP contribution in [0.5, 0.6) is 0 Å². The number of nitrogens with zero attached hydrogens (tertiary/aromatic N) is 4. The van der Waals surface area contributed by atoms with Crippen LogP contribution in [-0.2, 0) is 10.8 Å². The lowest BCUT2D eigenvalue weighted by molar-refractivity contribution is 0.563. The van der Waals surface area contributed by atoms with Crippen LogP contribution in [-0.4, -0.2) is 0 Å². The van der Waals surface area contributed by atoms with Gasteiger partial charge in [0.05, 0.1) is 40.1 Å². The van der Waals surface area contributed by atoms with Crippen LogP contribution in [0.3, 0.4) is 0 Å². The summed E-state index contributed by atoms with van der Waals surface area (Å²) in [6, 6.07) is 77.6. The first-order valence-electron chi connectivity index (χ1n) is 25.1. The number of anilines is 6. The first-order chi connectivity index (χ1) is 36.2. The van der Waals surface area contributed by atoms with Crippen LogP contribution in [0.15, 0.2) is 215 Å². The monoisotopic (exact) mass is 950 g/mol. The van der Waals surface area contributed by atoms with Crippen molar-refractivity contribution in [1.29, 1.82) is 10.5 Å². The van der Waals surface area contributed by atoms with Crippen LogP contribution >= 0.6 is 0 Å². The molecule has 10 aromatic carbocycles. The van der Waals surface area contributed by atoms with Crippen molar-refractivity contribution >= 4 is 78.0 Å². The van der Waals surface area contributed by atoms with E-state index in [0.29, 0.717) is 11.1 Å². The molecule has 0 bridgehead atoms. The van der Waals surface area contributed by atoms with Crippen LogP contribution in [0.4, 0.5) is 34.1 Å². The Kier molecular flexibility index (Phi) is 9.30. The van der Waals surface area contributed by atoms with E-state index in [1.165, 1.54) is 22.3 Å². The summed E-state index contributed by atoms with van der Waals surface area (Å²) in [5.74, 6) is 0. The number of furan rings is 2. The van der Waals surface area contributed by atoms with Gasteiger partial charge >= 0.3 is 0 Å². The smallest absolute Gasteiger partial charge is 0.159 e. The third-order valence-corrected chi connectivity index (χ3v) is 16.0. The maximum Gasteiger partial charge on any atom is 0.159 e. The van der Waals surface area contributed by atoms with Crippen LogP contribution in [0.1, 0.15) is 69.5 Å². The highest BCUT2D eigenvalue weighted by atomic mass is 16.3. The molecule has 2 heterocycles. The Hall–Kier alpha value is -9.62. The van der Waals surface area contributed by atoms with Gasteiger partial charge in [-0.15, -0.1) is 0 Å². The Morgan fingerprint density at radius 1 is 0.365 bits per heavy atom. The minimum absolute atomic E-state index is 0.325. The molecule has 0 fully saturated rings. The lowest BCUT2D eigenvalue weighted by Crippen LogP contribution is -2.40. The van der Waals surface area contributed by atoms with E-state index in [1.807, 2.05) is 36.4 Å². The number of hydrogen-bond acceptors (Lipinski definition) is 6. The quantitative estimate of drug-likeness (QED) is 0.165. The van der Waals surface area contributed by atoms with E-state index < -0.39 is 5.41 Å². The number of rotatable bonds is 6. The zero-order valence-electron chi connectivity index (χ0n) is 41.2. The molecule has 0 radical (unpaired) electrons. The average molecular weight is 951 g/mol. The fourth-order valence-electron chi connectivity index (χ4n) is 12.7. The molecule has 12 aromatic rings. The highest BCUT2D eigenvalue weighted by molar-refractivity contribution is 6.12. The molecule has 350 valence electrons. The summed E-state index contributed by atoms with van der Waals surface area (Å²) in [7, 11) is 0. The van der Waals surface area contributed by atoms with E-state index in [0.717, 1.165) is 111 Å². The van der Waals surface area contributed by atoms with Crippen LogP contribution < -0.4 is 9.80 Å². The molecule has 14 rings (SSSR count). The lowest BCUT2D eigenvalue weighted by Gasteiger charge is -2.47. The van der Waals surface area contributed by atoms with E-state index in [-0.39, 0.29) is 5.41 Å². The Morgan fingerprint density at radius 2 is 0.743 bits per heavy atom. The first-order valence-corrected chi connectivity index (χ1v) is 25.1. The van der Waals surface area contributed by atoms with Crippen molar-refractivity contribution in [3.63, 3.8) is 0 Å². The van der Waals surface area contributed by atoms with Crippen molar-refractivity contribution in [3.05, 3.63) is 262 Å². The van der Waals surface area contributed by atoms with Gasteiger partial charge in [0, 0.05) is 49.7 Å². The second-order valence-corrected chi connectivity index (χ2v) is 20.3. The second-order valence-electron chi connectivity index (χ2n) is 20.3. The van der Waals surface area contributed by atoms with Gasteiger partial charge in [-0.25, -0.2) is 0 Å². The van der Waals surface area contributed by atoms with Crippen molar-refractivity contribution in [1.82, 2.24) is 0 Å². The van der Waals surface area contributed by atoms with Crippen molar-refractivity contribution in [2.24, 2.45) is 0 Å². The van der Waals surface area contributed by atoms with Gasteiger partial charge in [-0.05, 0) is 142 Å². The SMILES string of the molecule is Cc1cccc2c1oc1c(N(c3cccc(C#N)c3)c3ccc4c(c3)C3(c5cc(N(c6cccc(C#N)c6)c6cccc7c6oc6c(C)cccc67)ccc5-4)c4ccccc4C(C)(C)c4ccccc43)cccc12. The fourth-order valence-corrected chi connectivity index (χ4v) is 12.7. The maximum atomic E-state index is 10.3. The number of para-hydroxylation sites is 4. The number of nitriles is 2. The van der Waals surface area contributed by atoms with Crippen LogP contribution in [0.2, 0.25) is 0 Å². The summed E-state index contributed by atoms with van der Waals surface area (Å²) in [5, 5.41) is 24.8. The third-order valence-electron chi connectivity index (χ3n) is 16.0. The standard InChI is InChI=1S/C68H46N4O2/c1-41-15-9-21-51-53-23-13-29-61(65(53)73-63(41)51)71(45-19-11-17-43(35-45)39-69)47-31-33-49-50-34-32-48(38-60(50)68(59(49)37-47)57-27-7-5-25-55(57)67(3,4)56-26-6-8-28-58(56)68)72(46-20-12-18-44(36-46)40-70)62-30-14-24-54-52-22-10-16-42(2)64(52)74-66(54)62/h5-38H,1-4H3. The molecular weight excluding hydrogens is 905 g/mol. The Bertz CT molecular complexity index is 4160. The van der Waals surface area contributed by atoms with Gasteiger partial charge in [-0.2, -0.15) is 10.5 Å². The van der Waals surface area contributed by atoms with Crippen molar-refractivity contribution in [2.75, 3.05) is 9.80 Å². The summed E-state index contributed by atoms with van der Waals surface area (Å²) in [4.78, 5) is 4.51. The van der Waals surface area contributed by atoms with Crippen LogP contribution in [0, 0.1) is 36.5 Å². The van der Waals surface area contributed by atoms with Gasteiger partial charge in [0.1, 0.15) is 11.2 Å². The molecule has 2 aliphatic rings. The fraction of sp³-hybridized carbons (Fsp3) is 0.0882. The maximum absolute atomic E-state index is 10.3. The highest BCUT2D eigenvalue weighted by Gasteiger charge is 2.54. The molecule has 2 aromatic heterocycles. The van der Waals surface area contributed by atoms with Crippen molar-refractivity contribution in [3.8, 4) is 23.3 Å². The summed E-state index contributed by atoms with van der Waals surface area (Å²) in [6.45, 7) is 8.87. The second kappa shape index (κ2) is 15.9. The molecule has 0 saturated heterocycles. The molecule has 6 heteroatoms. The molecule has 6 nitrogen and oxygen atoms in total. The molecule has 0 aliphatic heterocycles. The number of fused-ring (bicyclic) bond motifs is 15. The zero-order valence-corrected chi connectivity index (χ0v) is 41.2.